The molecule has 0 saturated carbocycles. The Kier molecular flexibility index (Phi) is 5.62. The van der Waals surface area contributed by atoms with Crippen molar-refractivity contribution >= 4 is 11.6 Å². The van der Waals surface area contributed by atoms with Crippen LogP contribution in [0.15, 0.2) is 42.5 Å². The number of hydrogen-bond donors (Lipinski definition) is 2. The molecule has 2 rings (SSSR count). The topological polar surface area (TPSA) is 47.3 Å². The summed E-state index contributed by atoms with van der Waals surface area (Å²) >= 11 is 6.06. The predicted octanol–water partition coefficient (Wildman–Crippen LogP) is 3.79. The number of aryl methyl sites for hydroxylation is 2. The lowest BCUT2D eigenvalue weighted by Crippen LogP contribution is -2.28. The van der Waals surface area contributed by atoms with Gasteiger partial charge in [0.2, 0.25) is 0 Å². The van der Waals surface area contributed by atoms with Crippen LogP contribution in [-0.4, -0.2) is 7.11 Å². The second-order valence-electron chi connectivity index (χ2n) is 5.14. The van der Waals surface area contributed by atoms with Gasteiger partial charge >= 0.3 is 0 Å². The van der Waals surface area contributed by atoms with E-state index in [0.717, 1.165) is 18.4 Å². The zero-order valence-corrected chi connectivity index (χ0v) is 13.2. The van der Waals surface area contributed by atoms with E-state index in [1.165, 1.54) is 11.1 Å². The number of nitrogens with one attached hydrogen (secondary N) is 1. The third-order valence-electron chi connectivity index (χ3n) is 3.62. The molecular formula is C17H21ClN2O. The second-order valence-corrected chi connectivity index (χ2v) is 5.54. The summed E-state index contributed by atoms with van der Waals surface area (Å²) in [5, 5.41) is 0.607. The average Bonchev–Trinajstić information content (AvgIpc) is 2.51. The maximum Gasteiger partial charge on any atom is 0.137 e. The lowest BCUT2D eigenvalue weighted by atomic mass is 9.99. The van der Waals surface area contributed by atoms with E-state index in [9.17, 15) is 0 Å². The molecular weight excluding hydrogens is 284 g/mol. The quantitative estimate of drug-likeness (QED) is 0.630. The van der Waals surface area contributed by atoms with E-state index in [1.54, 1.807) is 7.11 Å². The van der Waals surface area contributed by atoms with Crippen LogP contribution in [0.25, 0.3) is 0 Å². The molecule has 0 bridgehead atoms. The molecule has 21 heavy (non-hydrogen) atoms. The van der Waals surface area contributed by atoms with Gasteiger partial charge in [-0.2, -0.15) is 0 Å². The number of hydrogen-bond acceptors (Lipinski definition) is 3. The summed E-state index contributed by atoms with van der Waals surface area (Å²) < 4.78 is 5.26. The Labute approximate surface area is 131 Å². The van der Waals surface area contributed by atoms with Crippen molar-refractivity contribution in [2.24, 2.45) is 5.84 Å². The number of methoxy groups -OCH3 is 1. The highest BCUT2D eigenvalue weighted by Crippen LogP contribution is 2.29. The zero-order chi connectivity index (χ0) is 15.2. The normalized spacial score (nSPS) is 12.2. The first-order valence-corrected chi connectivity index (χ1v) is 7.37. The number of nitrogens with two attached hydrogens (primary N) is 1. The SMILES string of the molecule is COc1cc(C(CCc2ccc(C)cc2)NN)ccc1Cl. The largest absolute Gasteiger partial charge is 0.495 e. The Hall–Kier alpha value is -1.55. The molecule has 4 heteroatoms. The summed E-state index contributed by atoms with van der Waals surface area (Å²) in [6.45, 7) is 2.09. The Bertz CT molecular complexity index is 584. The molecule has 0 amide bonds. The van der Waals surface area contributed by atoms with Crippen LogP contribution in [0, 0.1) is 6.92 Å². The maximum absolute atomic E-state index is 6.06. The highest BCUT2D eigenvalue weighted by atomic mass is 35.5. The standard InChI is InChI=1S/C17H21ClN2O/c1-12-3-5-13(6-4-12)7-10-16(20-19)14-8-9-15(18)17(11-14)21-2/h3-6,8-9,11,16,20H,7,10,19H2,1-2H3. The molecule has 0 aromatic heterocycles. The third kappa shape index (κ3) is 4.21. The molecule has 3 nitrogen and oxygen atoms in total. The van der Waals surface area contributed by atoms with E-state index in [0.29, 0.717) is 10.8 Å². The lowest BCUT2D eigenvalue weighted by molar-refractivity contribution is 0.412. The number of halogens is 1. The molecule has 112 valence electrons. The Morgan fingerprint density at radius 1 is 1.19 bits per heavy atom. The fourth-order valence-corrected chi connectivity index (χ4v) is 2.50. The van der Waals surface area contributed by atoms with Gasteiger partial charge in [0, 0.05) is 6.04 Å². The van der Waals surface area contributed by atoms with Gasteiger partial charge in [-0.3, -0.25) is 11.3 Å². The van der Waals surface area contributed by atoms with Gasteiger partial charge in [0.25, 0.3) is 0 Å². The summed E-state index contributed by atoms with van der Waals surface area (Å²) in [4.78, 5) is 0. The predicted molar refractivity (Wildman–Crippen MR) is 87.6 cm³/mol. The average molecular weight is 305 g/mol. The van der Waals surface area contributed by atoms with Gasteiger partial charge in [-0.05, 0) is 43.0 Å². The highest BCUT2D eigenvalue weighted by molar-refractivity contribution is 6.32. The van der Waals surface area contributed by atoms with Crippen molar-refractivity contribution in [2.45, 2.75) is 25.8 Å². The zero-order valence-electron chi connectivity index (χ0n) is 12.4. The summed E-state index contributed by atoms with van der Waals surface area (Å²) in [6, 6.07) is 14.4. The summed E-state index contributed by atoms with van der Waals surface area (Å²) in [5.74, 6) is 6.37. The summed E-state index contributed by atoms with van der Waals surface area (Å²) in [7, 11) is 1.61. The molecule has 1 unspecified atom stereocenters. The first-order chi connectivity index (χ1) is 10.1. The van der Waals surface area contributed by atoms with Crippen LogP contribution in [-0.2, 0) is 6.42 Å². The summed E-state index contributed by atoms with van der Waals surface area (Å²) in [5.41, 5.74) is 6.53. The smallest absolute Gasteiger partial charge is 0.137 e. The number of ether oxygens (including phenoxy) is 1. The Morgan fingerprint density at radius 3 is 2.52 bits per heavy atom. The van der Waals surface area contributed by atoms with E-state index in [2.05, 4.69) is 36.6 Å². The van der Waals surface area contributed by atoms with E-state index in [1.807, 2.05) is 18.2 Å². The molecule has 0 aliphatic heterocycles. The van der Waals surface area contributed by atoms with Gasteiger partial charge in [0.15, 0.2) is 0 Å². The van der Waals surface area contributed by atoms with Crippen LogP contribution >= 0.6 is 11.6 Å². The molecule has 2 aromatic carbocycles. The van der Waals surface area contributed by atoms with Gasteiger partial charge in [-0.1, -0.05) is 47.5 Å². The van der Waals surface area contributed by atoms with Crippen LogP contribution in [0.3, 0.4) is 0 Å². The fraction of sp³-hybridized carbons (Fsp3) is 0.294. The van der Waals surface area contributed by atoms with E-state index in [-0.39, 0.29) is 6.04 Å². The van der Waals surface area contributed by atoms with Crippen LogP contribution in [0.4, 0.5) is 0 Å². The first-order valence-electron chi connectivity index (χ1n) is 6.99. The van der Waals surface area contributed by atoms with E-state index >= 15 is 0 Å². The van der Waals surface area contributed by atoms with Crippen molar-refractivity contribution in [3.63, 3.8) is 0 Å². The number of benzene rings is 2. The van der Waals surface area contributed by atoms with Gasteiger partial charge in [0.1, 0.15) is 5.75 Å². The van der Waals surface area contributed by atoms with Crippen LogP contribution in [0.2, 0.25) is 5.02 Å². The number of rotatable bonds is 6. The van der Waals surface area contributed by atoms with Crippen LogP contribution < -0.4 is 16.0 Å². The molecule has 0 saturated heterocycles. The van der Waals surface area contributed by atoms with Crippen molar-refractivity contribution in [1.82, 2.24) is 5.43 Å². The van der Waals surface area contributed by atoms with Gasteiger partial charge in [-0.15, -0.1) is 0 Å². The molecule has 0 aliphatic carbocycles. The first kappa shape index (κ1) is 15.8. The molecule has 0 aliphatic rings. The maximum atomic E-state index is 6.06. The lowest BCUT2D eigenvalue weighted by Gasteiger charge is -2.17. The minimum Gasteiger partial charge on any atom is -0.495 e. The van der Waals surface area contributed by atoms with Crippen molar-refractivity contribution in [3.8, 4) is 5.75 Å². The van der Waals surface area contributed by atoms with Gasteiger partial charge in [0.05, 0.1) is 12.1 Å². The van der Waals surface area contributed by atoms with Crippen molar-refractivity contribution in [2.75, 3.05) is 7.11 Å². The summed E-state index contributed by atoms with van der Waals surface area (Å²) in [6.07, 6.45) is 1.87. The highest BCUT2D eigenvalue weighted by Gasteiger charge is 2.12. The van der Waals surface area contributed by atoms with E-state index < -0.39 is 0 Å². The minimum atomic E-state index is 0.0671. The molecule has 0 spiro atoms. The fourth-order valence-electron chi connectivity index (χ4n) is 2.31. The van der Waals surface area contributed by atoms with Gasteiger partial charge in [-0.25, -0.2) is 0 Å². The van der Waals surface area contributed by atoms with Crippen molar-refractivity contribution in [1.29, 1.82) is 0 Å². The van der Waals surface area contributed by atoms with E-state index in [4.69, 9.17) is 22.2 Å². The minimum absolute atomic E-state index is 0.0671. The molecule has 1 atom stereocenters. The third-order valence-corrected chi connectivity index (χ3v) is 3.93. The molecule has 0 heterocycles. The Balaban J connectivity index is 2.07. The van der Waals surface area contributed by atoms with Crippen molar-refractivity contribution < 1.29 is 4.74 Å². The number of hydrazine groups is 1. The van der Waals surface area contributed by atoms with Crippen LogP contribution in [0.1, 0.15) is 29.2 Å². The van der Waals surface area contributed by atoms with Gasteiger partial charge < -0.3 is 4.74 Å². The van der Waals surface area contributed by atoms with Crippen LogP contribution in [0.5, 0.6) is 5.75 Å². The molecule has 0 radical (unpaired) electrons. The van der Waals surface area contributed by atoms with Crippen molar-refractivity contribution in [3.05, 3.63) is 64.2 Å². The molecule has 2 aromatic rings. The monoisotopic (exact) mass is 304 g/mol. The molecule has 0 fully saturated rings. The molecule has 3 N–H and O–H groups in total. The Morgan fingerprint density at radius 2 is 1.90 bits per heavy atom. The second kappa shape index (κ2) is 7.46.